The molecule has 0 aliphatic carbocycles. The second-order valence-corrected chi connectivity index (χ2v) is 5.89. The number of carbonyl (C=O) groups excluding carboxylic acids is 1. The maximum absolute atomic E-state index is 12.9. The standard InChI is InChI=1S/C15H17ClF3NO/c1-2-5-14(6-7-20-9-14)13(21)10-3-4-12(16)11(8-10)15(17,18)19/h3-4,8,20H,2,5-7,9H2,1H3. The minimum atomic E-state index is -4.56. The van der Waals surface area contributed by atoms with Crippen LogP contribution >= 0.6 is 11.6 Å². The Kier molecular flexibility index (Phi) is 4.63. The number of hydrogen-bond acceptors (Lipinski definition) is 2. The van der Waals surface area contributed by atoms with E-state index in [1.807, 2.05) is 6.92 Å². The number of halogens is 4. The molecule has 1 aliphatic rings. The molecule has 1 aromatic carbocycles. The number of carbonyl (C=O) groups is 1. The fraction of sp³-hybridized carbons (Fsp3) is 0.533. The van der Waals surface area contributed by atoms with E-state index in [9.17, 15) is 18.0 Å². The topological polar surface area (TPSA) is 29.1 Å². The zero-order valence-corrected chi connectivity index (χ0v) is 12.4. The van der Waals surface area contributed by atoms with Gasteiger partial charge in [0.1, 0.15) is 0 Å². The van der Waals surface area contributed by atoms with Crippen LogP contribution in [0.2, 0.25) is 5.02 Å². The molecule has 1 heterocycles. The van der Waals surface area contributed by atoms with Gasteiger partial charge in [0.15, 0.2) is 5.78 Å². The molecular weight excluding hydrogens is 303 g/mol. The van der Waals surface area contributed by atoms with Crippen LogP contribution in [-0.4, -0.2) is 18.9 Å². The number of hydrogen-bond donors (Lipinski definition) is 1. The molecule has 6 heteroatoms. The summed E-state index contributed by atoms with van der Waals surface area (Å²) in [5, 5.41) is 2.75. The van der Waals surface area contributed by atoms with Gasteiger partial charge in [-0.15, -0.1) is 0 Å². The highest BCUT2D eigenvalue weighted by Gasteiger charge is 2.41. The molecule has 0 aromatic heterocycles. The SMILES string of the molecule is CCCC1(C(=O)c2ccc(Cl)c(C(F)(F)F)c2)CCNC1. The zero-order chi connectivity index (χ0) is 15.7. The fourth-order valence-electron chi connectivity index (χ4n) is 2.93. The fourth-order valence-corrected chi connectivity index (χ4v) is 3.16. The van der Waals surface area contributed by atoms with Crippen LogP contribution in [0.1, 0.15) is 42.1 Å². The van der Waals surface area contributed by atoms with Crippen molar-refractivity contribution in [2.75, 3.05) is 13.1 Å². The summed E-state index contributed by atoms with van der Waals surface area (Å²) in [5.74, 6) is -0.225. The molecule has 2 nitrogen and oxygen atoms in total. The van der Waals surface area contributed by atoms with E-state index in [1.165, 1.54) is 6.07 Å². The van der Waals surface area contributed by atoms with Crippen molar-refractivity contribution >= 4 is 17.4 Å². The maximum Gasteiger partial charge on any atom is 0.417 e. The van der Waals surface area contributed by atoms with E-state index in [1.54, 1.807) is 0 Å². The third kappa shape index (κ3) is 3.24. The second kappa shape index (κ2) is 5.97. The second-order valence-electron chi connectivity index (χ2n) is 5.48. The Morgan fingerprint density at radius 2 is 2.14 bits per heavy atom. The van der Waals surface area contributed by atoms with E-state index in [0.29, 0.717) is 25.9 Å². The lowest BCUT2D eigenvalue weighted by Gasteiger charge is -2.26. The lowest BCUT2D eigenvalue weighted by Crippen LogP contribution is -2.33. The Bertz CT molecular complexity index is 536. The summed E-state index contributed by atoms with van der Waals surface area (Å²) in [5.41, 5.74) is -1.46. The van der Waals surface area contributed by atoms with Gasteiger partial charge in [0.25, 0.3) is 0 Å². The predicted molar refractivity (Wildman–Crippen MR) is 75.6 cm³/mol. The van der Waals surface area contributed by atoms with Crippen LogP contribution in [0.25, 0.3) is 0 Å². The predicted octanol–water partition coefficient (Wildman–Crippen LogP) is 4.32. The lowest BCUT2D eigenvalue weighted by molar-refractivity contribution is -0.137. The highest BCUT2D eigenvalue weighted by Crippen LogP contribution is 2.39. The maximum atomic E-state index is 12.9. The summed E-state index contributed by atoms with van der Waals surface area (Å²) in [6.45, 7) is 3.20. The summed E-state index contributed by atoms with van der Waals surface area (Å²) in [6.07, 6.45) is -2.42. The number of ketones is 1. The Morgan fingerprint density at radius 3 is 2.67 bits per heavy atom. The van der Waals surface area contributed by atoms with Crippen LogP contribution < -0.4 is 5.32 Å². The smallest absolute Gasteiger partial charge is 0.316 e. The van der Waals surface area contributed by atoms with Crippen molar-refractivity contribution in [3.05, 3.63) is 34.3 Å². The lowest BCUT2D eigenvalue weighted by atomic mass is 9.76. The third-order valence-corrected chi connectivity index (χ3v) is 4.32. The van der Waals surface area contributed by atoms with Gasteiger partial charge in [-0.05, 0) is 37.6 Å². The molecule has 0 radical (unpaired) electrons. The average Bonchev–Trinajstić information content (AvgIpc) is 2.87. The normalized spacial score (nSPS) is 22.5. The van der Waals surface area contributed by atoms with Crippen molar-refractivity contribution in [2.24, 2.45) is 5.41 Å². The Balaban J connectivity index is 2.39. The van der Waals surface area contributed by atoms with Gasteiger partial charge in [0, 0.05) is 17.5 Å². The molecule has 0 saturated carbocycles. The molecule has 0 amide bonds. The van der Waals surface area contributed by atoms with E-state index < -0.39 is 17.2 Å². The number of rotatable bonds is 4. The molecule has 1 atom stereocenters. The first kappa shape index (κ1) is 16.3. The van der Waals surface area contributed by atoms with Crippen LogP contribution in [0.3, 0.4) is 0 Å². The van der Waals surface area contributed by atoms with Crippen molar-refractivity contribution in [1.82, 2.24) is 5.32 Å². The van der Waals surface area contributed by atoms with E-state index in [4.69, 9.17) is 11.6 Å². The minimum absolute atomic E-state index is 0.0869. The van der Waals surface area contributed by atoms with Crippen LogP contribution in [-0.2, 0) is 6.18 Å². The number of nitrogens with one attached hydrogen (secondary N) is 1. The molecule has 1 aromatic rings. The third-order valence-electron chi connectivity index (χ3n) is 3.99. The minimum Gasteiger partial charge on any atom is -0.316 e. The number of Topliss-reactive ketones (excluding diaryl/α,β-unsaturated/α-hetero) is 1. The van der Waals surface area contributed by atoms with E-state index in [0.717, 1.165) is 18.6 Å². The van der Waals surface area contributed by atoms with Crippen LogP contribution in [0.5, 0.6) is 0 Å². The van der Waals surface area contributed by atoms with Gasteiger partial charge < -0.3 is 5.32 Å². The van der Waals surface area contributed by atoms with Gasteiger partial charge in [-0.1, -0.05) is 24.9 Å². The molecule has 0 spiro atoms. The molecule has 1 saturated heterocycles. The average molecular weight is 320 g/mol. The van der Waals surface area contributed by atoms with Gasteiger partial charge in [-0.2, -0.15) is 13.2 Å². The zero-order valence-electron chi connectivity index (χ0n) is 11.7. The van der Waals surface area contributed by atoms with Gasteiger partial charge in [0.2, 0.25) is 0 Å². The highest BCUT2D eigenvalue weighted by molar-refractivity contribution is 6.31. The first-order valence-electron chi connectivity index (χ1n) is 6.92. The largest absolute Gasteiger partial charge is 0.417 e. The van der Waals surface area contributed by atoms with Crippen molar-refractivity contribution in [3.8, 4) is 0 Å². The summed E-state index contributed by atoms with van der Waals surface area (Å²) in [7, 11) is 0. The van der Waals surface area contributed by atoms with Crippen LogP contribution in [0, 0.1) is 5.41 Å². The van der Waals surface area contributed by atoms with E-state index in [2.05, 4.69) is 5.32 Å². The molecule has 0 bridgehead atoms. The molecule has 21 heavy (non-hydrogen) atoms. The highest BCUT2D eigenvalue weighted by atomic mass is 35.5. The van der Waals surface area contributed by atoms with Gasteiger partial charge >= 0.3 is 6.18 Å². The van der Waals surface area contributed by atoms with Crippen LogP contribution in [0.4, 0.5) is 13.2 Å². The first-order chi connectivity index (χ1) is 9.80. The van der Waals surface area contributed by atoms with Gasteiger partial charge in [-0.3, -0.25) is 4.79 Å². The Labute approximate surface area is 126 Å². The Morgan fingerprint density at radius 1 is 1.43 bits per heavy atom. The van der Waals surface area contributed by atoms with Crippen molar-refractivity contribution in [3.63, 3.8) is 0 Å². The molecular formula is C15H17ClF3NO. The van der Waals surface area contributed by atoms with Crippen molar-refractivity contribution in [2.45, 2.75) is 32.4 Å². The molecule has 1 fully saturated rings. The van der Waals surface area contributed by atoms with Crippen molar-refractivity contribution < 1.29 is 18.0 Å². The molecule has 1 N–H and O–H groups in total. The van der Waals surface area contributed by atoms with Crippen molar-refractivity contribution in [1.29, 1.82) is 0 Å². The summed E-state index contributed by atoms with van der Waals surface area (Å²) in [4.78, 5) is 12.7. The van der Waals surface area contributed by atoms with E-state index in [-0.39, 0.29) is 16.4 Å². The molecule has 116 valence electrons. The number of alkyl halides is 3. The number of benzene rings is 1. The summed E-state index contributed by atoms with van der Waals surface area (Å²) >= 11 is 5.60. The summed E-state index contributed by atoms with van der Waals surface area (Å²) < 4.78 is 38.7. The quantitative estimate of drug-likeness (QED) is 0.837. The van der Waals surface area contributed by atoms with Crippen LogP contribution in [0.15, 0.2) is 18.2 Å². The Hall–Kier alpha value is -1.07. The monoisotopic (exact) mass is 319 g/mol. The van der Waals surface area contributed by atoms with Gasteiger partial charge in [-0.25, -0.2) is 0 Å². The molecule has 2 rings (SSSR count). The van der Waals surface area contributed by atoms with Gasteiger partial charge in [0.05, 0.1) is 10.6 Å². The van der Waals surface area contributed by atoms with E-state index >= 15 is 0 Å². The first-order valence-corrected chi connectivity index (χ1v) is 7.30. The summed E-state index contributed by atoms with van der Waals surface area (Å²) in [6, 6.07) is 3.41. The molecule has 1 aliphatic heterocycles. The molecule has 1 unspecified atom stereocenters.